The molecule has 3 amide bonds. The standard InChI is InChI=1S/C15H20N4O4/c1-10-13(4-3-5-14(10)19(22)23)17-15(21)16-12-6-8-18(9-7-12)11(2)20/h3-5,12H,6-9H2,1-2H3,(H2,16,17,21). The average Bonchev–Trinajstić information content (AvgIpc) is 2.49. The molecule has 1 aromatic rings. The number of nitro benzene ring substituents is 1. The fourth-order valence-electron chi connectivity index (χ4n) is 2.64. The number of nitro groups is 1. The average molecular weight is 320 g/mol. The first-order valence-electron chi connectivity index (χ1n) is 7.45. The van der Waals surface area contributed by atoms with Gasteiger partial charge in [-0.1, -0.05) is 6.07 Å². The van der Waals surface area contributed by atoms with Gasteiger partial charge in [-0.25, -0.2) is 4.79 Å². The van der Waals surface area contributed by atoms with E-state index in [1.165, 1.54) is 19.1 Å². The van der Waals surface area contributed by atoms with E-state index in [0.717, 1.165) is 0 Å². The molecule has 1 saturated heterocycles. The Morgan fingerprint density at radius 3 is 2.52 bits per heavy atom. The van der Waals surface area contributed by atoms with Crippen molar-refractivity contribution in [1.82, 2.24) is 10.2 Å². The van der Waals surface area contributed by atoms with Gasteiger partial charge in [0.2, 0.25) is 5.91 Å². The molecule has 0 bridgehead atoms. The van der Waals surface area contributed by atoms with Crippen LogP contribution in [0.15, 0.2) is 18.2 Å². The largest absolute Gasteiger partial charge is 0.343 e. The summed E-state index contributed by atoms with van der Waals surface area (Å²) >= 11 is 0. The number of carbonyl (C=O) groups is 2. The highest BCUT2D eigenvalue weighted by Gasteiger charge is 2.22. The molecule has 2 N–H and O–H groups in total. The highest BCUT2D eigenvalue weighted by Crippen LogP contribution is 2.25. The summed E-state index contributed by atoms with van der Waals surface area (Å²) in [6.07, 6.45) is 1.39. The Bertz CT molecular complexity index is 624. The van der Waals surface area contributed by atoms with Crippen molar-refractivity contribution in [2.75, 3.05) is 18.4 Å². The number of hydrogen-bond donors (Lipinski definition) is 2. The number of piperidine rings is 1. The van der Waals surface area contributed by atoms with Crippen molar-refractivity contribution in [3.63, 3.8) is 0 Å². The maximum absolute atomic E-state index is 12.1. The van der Waals surface area contributed by atoms with E-state index >= 15 is 0 Å². The van der Waals surface area contributed by atoms with E-state index in [-0.39, 0.29) is 17.6 Å². The molecule has 1 heterocycles. The second-order valence-electron chi connectivity index (χ2n) is 5.59. The first-order valence-corrected chi connectivity index (χ1v) is 7.45. The van der Waals surface area contributed by atoms with E-state index in [4.69, 9.17) is 0 Å². The molecule has 0 atom stereocenters. The van der Waals surface area contributed by atoms with Crippen molar-refractivity contribution in [3.8, 4) is 0 Å². The van der Waals surface area contributed by atoms with E-state index < -0.39 is 11.0 Å². The number of anilines is 1. The molecule has 0 unspecified atom stereocenters. The van der Waals surface area contributed by atoms with Crippen LogP contribution in [0.2, 0.25) is 0 Å². The minimum Gasteiger partial charge on any atom is -0.343 e. The lowest BCUT2D eigenvalue weighted by atomic mass is 10.1. The highest BCUT2D eigenvalue weighted by atomic mass is 16.6. The Morgan fingerprint density at radius 2 is 1.96 bits per heavy atom. The number of nitrogens with one attached hydrogen (secondary N) is 2. The van der Waals surface area contributed by atoms with Crippen LogP contribution in [0.5, 0.6) is 0 Å². The van der Waals surface area contributed by atoms with Crippen LogP contribution in [0.4, 0.5) is 16.2 Å². The predicted molar refractivity (Wildman–Crippen MR) is 85.3 cm³/mol. The number of hydrogen-bond acceptors (Lipinski definition) is 4. The van der Waals surface area contributed by atoms with E-state index in [1.54, 1.807) is 17.9 Å². The van der Waals surface area contributed by atoms with E-state index in [0.29, 0.717) is 37.2 Å². The number of benzene rings is 1. The molecule has 0 aromatic heterocycles. The molecular weight excluding hydrogens is 300 g/mol. The monoisotopic (exact) mass is 320 g/mol. The van der Waals surface area contributed by atoms with Gasteiger partial charge in [-0.3, -0.25) is 14.9 Å². The van der Waals surface area contributed by atoms with Crippen LogP contribution in [-0.4, -0.2) is 40.9 Å². The zero-order valence-corrected chi connectivity index (χ0v) is 13.2. The van der Waals surface area contributed by atoms with Crippen LogP contribution < -0.4 is 10.6 Å². The molecule has 1 aliphatic heterocycles. The summed E-state index contributed by atoms with van der Waals surface area (Å²) in [4.78, 5) is 35.5. The van der Waals surface area contributed by atoms with Gasteiger partial charge < -0.3 is 15.5 Å². The number of likely N-dealkylation sites (tertiary alicyclic amines) is 1. The van der Waals surface area contributed by atoms with Gasteiger partial charge in [-0.05, 0) is 25.8 Å². The minimum absolute atomic E-state index is 0.00963. The Hall–Kier alpha value is -2.64. The highest BCUT2D eigenvalue weighted by molar-refractivity contribution is 5.91. The quantitative estimate of drug-likeness (QED) is 0.656. The summed E-state index contributed by atoms with van der Waals surface area (Å²) in [5, 5.41) is 16.4. The zero-order valence-electron chi connectivity index (χ0n) is 13.2. The van der Waals surface area contributed by atoms with E-state index in [1.807, 2.05) is 0 Å². The summed E-state index contributed by atoms with van der Waals surface area (Å²) < 4.78 is 0. The number of carbonyl (C=O) groups excluding carboxylic acids is 2. The summed E-state index contributed by atoms with van der Waals surface area (Å²) in [5.74, 6) is 0.0418. The molecule has 0 radical (unpaired) electrons. The third-order valence-electron chi connectivity index (χ3n) is 4.03. The summed E-state index contributed by atoms with van der Waals surface area (Å²) in [6.45, 7) is 4.37. The number of rotatable bonds is 3. The normalized spacial score (nSPS) is 15.1. The van der Waals surface area contributed by atoms with Crippen molar-refractivity contribution in [2.45, 2.75) is 32.7 Å². The van der Waals surface area contributed by atoms with Crippen LogP contribution in [-0.2, 0) is 4.79 Å². The van der Waals surface area contributed by atoms with Gasteiger partial charge in [0.25, 0.3) is 5.69 Å². The summed E-state index contributed by atoms with van der Waals surface area (Å²) in [7, 11) is 0. The van der Waals surface area contributed by atoms with Crippen LogP contribution in [0.25, 0.3) is 0 Å². The molecule has 0 spiro atoms. The minimum atomic E-state index is -0.476. The Labute approximate surface area is 134 Å². The summed E-state index contributed by atoms with van der Waals surface area (Å²) in [5.41, 5.74) is 0.800. The first kappa shape index (κ1) is 16.7. The Balaban J connectivity index is 1.92. The predicted octanol–water partition coefficient (Wildman–Crippen LogP) is 2.04. The van der Waals surface area contributed by atoms with Crippen molar-refractivity contribution < 1.29 is 14.5 Å². The smallest absolute Gasteiger partial charge is 0.319 e. The lowest BCUT2D eigenvalue weighted by molar-refractivity contribution is -0.385. The molecular formula is C15H20N4O4. The van der Waals surface area contributed by atoms with Gasteiger partial charge in [-0.2, -0.15) is 0 Å². The molecule has 8 nitrogen and oxygen atoms in total. The second kappa shape index (κ2) is 7.08. The zero-order chi connectivity index (χ0) is 17.0. The van der Waals surface area contributed by atoms with Crippen LogP contribution in [0.1, 0.15) is 25.3 Å². The molecule has 0 aliphatic carbocycles. The molecule has 1 aromatic carbocycles. The van der Waals surface area contributed by atoms with Gasteiger partial charge >= 0.3 is 6.03 Å². The van der Waals surface area contributed by atoms with Crippen LogP contribution in [0.3, 0.4) is 0 Å². The van der Waals surface area contributed by atoms with Crippen molar-refractivity contribution >= 4 is 23.3 Å². The molecule has 0 saturated carbocycles. The SMILES string of the molecule is CC(=O)N1CCC(NC(=O)Nc2cccc([N+](=O)[O-])c2C)CC1. The molecule has 1 fully saturated rings. The van der Waals surface area contributed by atoms with E-state index in [2.05, 4.69) is 10.6 Å². The lowest BCUT2D eigenvalue weighted by Gasteiger charge is -2.31. The number of amides is 3. The topological polar surface area (TPSA) is 105 Å². The molecule has 23 heavy (non-hydrogen) atoms. The Morgan fingerprint density at radius 1 is 1.30 bits per heavy atom. The fourth-order valence-corrected chi connectivity index (χ4v) is 2.64. The maximum Gasteiger partial charge on any atom is 0.319 e. The Kier molecular flexibility index (Phi) is 5.15. The second-order valence-corrected chi connectivity index (χ2v) is 5.59. The lowest BCUT2D eigenvalue weighted by Crippen LogP contribution is -2.47. The van der Waals surface area contributed by atoms with Gasteiger partial charge in [0.15, 0.2) is 0 Å². The van der Waals surface area contributed by atoms with Gasteiger partial charge in [0.05, 0.1) is 16.2 Å². The maximum atomic E-state index is 12.1. The molecule has 8 heteroatoms. The molecule has 2 rings (SSSR count). The van der Waals surface area contributed by atoms with Gasteiger partial charge in [0, 0.05) is 32.1 Å². The van der Waals surface area contributed by atoms with Crippen molar-refractivity contribution in [2.24, 2.45) is 0 Å². The summed E-state index contributed by atoms with van der Waals surface area (Å²) in [6, 6.07) is 4.15. The molecule has 1 aliphatic rings. The van der Waals surface area contributed by atoms with E-state index in [9.17, 15) is 19.7 Å². The van der Waals surface area contributed by atoms with Gasteiger partial charge in [-0.15, -0.1) is 0 Å². The van der Waals surface area contributed by atoms with Crippen LogP contribution in [0, 0.1) is 17.0 Å². The van der Waals surface area contributed by atoms with Gasteiger partial charge in [0.1, 0.15) is 0 Å². The molecule has 124 valence electrons. The third kappa shape index (κ3) is 4.18. The van der Waals surface area contributed by atoms with Crippen molar-refractivity contribution in [3.05, 3.63) is 33.9 Å². The number of urea groups is 1. The number of nitrogens with zero attached hydrogens (tertiary/aromatic N) is 2. The first-order chi connectivity index (χ1) is 10.9. The van der Waals surface area contributed by atoms with Crippen LogP contribution >= 0.6 is 0 Å². The van der Waals surface area contributed by atoms with Crippen molar-refractivity contribution in [1.29, 1.82) is 0 Å². The third-order valence-corrected chi connectivity index (χ3v) is 4.03. The fraction of sp³-hybridized carbons (Fsp3) is 0.467.